The highest BCUT2D eigenvalue weighted by molar-refractivity contribution is 5.87. The Morgan fingerprint density at radius 2 is 2.00 bits per heavy atom. The number of hydrogen-bond donors (Lipinski definition) is 2. The summed E-state index contributed by atoms with van der Waals surface area (Å²) in [5.74, 6) is -1.05. The molecular weight excluding hydrogens is 246 g/mol. The van der Waals surface area contributed by atoms with E-state index in [1.54, 1.807) is 7.11 Å². The molecule has 1 amide bonds. The Bertz CT molecular complexity index is 311. The molecule has 0 spiro atoms. The van der Waals surface area contributed by atoms with Crippen LogP contribution >= 0.6 is 0 Å². The standard InChI is InChI=1S/C14H25NO4/c1-3-14(8-4-5-9-14)13(18)15-11(12(16)17)7-6-10-19-2/h11H,3-10H2,1-2H3,(H,15,18)(H,16,17). The van der Waals surface area contributed by atoms with Crippen molar-refractivity contribution in [3.05, 3.63) is 0 Å². The predicted octanol–water partition coefficient (Wildman–Crippen LogP) is 1.95. The maximum absolute atomic E-state index is 12.3. The Morgan fingerprint density at radius 1 is 1.37 bits per heavy atom. The third kappa shape index (κ3) is 4.20. The first kappa shape index (κ1) is 16.0. The van der Waals surface area contributed by atoms with Gasteiger partial charge in [0.25, 0.3) is 0 Å². The Kier molecular flexibility index (Phi) is 6.28. The van der Waals surface area contributed by atoms with Gasteiger partial charge >= 0.3 is 5.97 Å². The SMILES string of the molecule is CCC1(C(=O)NC(CCCOC)C(=O)O)CCCC1. The molecule has 0 aromatic carbocycles. The van der Waals surface area contributed by atoms with Crippen molar-refractivity contribution in [1.29, 1.82) is 0 Å². The van der Waals surface area contributed by atoms with Gasteiger partial charge in [-0.05, 0) is 32.1 Å². The van der Waals surface area contributed by atoms with Crippen LogP contribution in [0.4, 0.5) is 0 Å². The number of carboxylic acid groups (broad SMARTS) is 1. The fraction of sp³-hybridized carbons (Fsp3) is 0.857. The number of carboxylic acids is 1. The normalized spacial score (nSPS) is 19.1. The molecule has 1 saturated carbocycles. The molecule has 1 aliphatic carbocycles. The molecule has 5 heteroatoms. The van der Waals surface area contributed by atoms with Crippen LogP contribution in [0.2, 0.25) is 0 Å². The quantitative estimate of drug-likeness (QED) is 0.662. The van der Waals surface area contributed by atoms with Gasteiger partial charge in [0.2, 0.25) is 5.91 Å². The molecule has 2 N–H and O–H groups in total. The zero-order chi connectivity index (χ0) is 14.3. The number of ether oxygens (including phenoxy) is 1. The van der Waals surface area contributed by atoms with Crippen molar-refractivity contribution in [3.8, 4) is 0 Å². The average molecular weight is 271 g/mol. The Labute approximate surface area is 114 Å². The lowest BCUT2D eigenvalue weighted by Gasteiger charge is -2.28. The van der Waals surface area contributed by atoms with Gasteiger partial charge in [-0.25, -0.2) is 4.79 Å². The van der Waals surface area contributed by atoms with Crippen molar-refractivity contribution in [1.82, 2.24) is 5.32 Å². The lowest BCUT2D eigenvalue weighted by molar-refractivity contribution is -0.144. The van der Waals surface area contributed by atoms with E-state index in [0.717, 1.165) is 32.1 Å². The van der Waals surface area contributed by atoms with Crippen LogP contribution in [0, 0.1) is 5.41 Å². The number of hydrogen-bond acceptors (Lipinski definition) is 3. The summed E-state index contributed by atoms with van der Waals surface area (Å²) in [6, 6.07) is -0.799. The number of rotatable bonds is 8. The smallest absolute Gasteiger partial charge is 0.326 e. The van der Waals surface area contributed by atoms with Crippen LogP contribution in [0.3, 0.4) is 0 Å². The van der Waals surface area contributed by atoms with Gasteiger partial charge in [-0.2, -0.15) is 0 Å². The highest BCUT2D eigenvalue weighted by Crippen LogP contribution is 2.41. The van der Waals surface area contributed by atoms with Crippen LogP contribution in [0.5, 0.6) is 0 Å². The van der Waals surface area contributed by atoms with Crippen LogP contribution in [-0.2, 0) is 14.3 Å². The van der Waals surface area contributed by atoms with E-state index in [-0.39, 0.29) is 11.3 Å². The third-order valence-corrected chi connectivity index (χ3v) is 4.16. The molecule has 0 radical (unpaired) electrons. The van der Waals surface area contributed by atoms with Crippen molar-refractivity contribution in [3.63, 3.8) is 0 Å². The van der Waals surface area contributed by atoms with E-state index in [1.165, 1.54) is 0 Å². The summed E-state index contributed by atoms with van der Waals surface area (Å²) in [5, 5.41) is 11.9. The molecule has 0 bridgehead atoms. The molecule has 110 valence electrons. The minimum atomic E-state index is -0.964. The summed E-state index contributed by atoms with van der Waals surface area (Å²) in [6.07, 6.45) is 5.69. The van der Waals surface area contributed by atoms with Gasteiger partial charge in [-0.15, -0.1) is 0 Å². The van der Waals surface area contributed by atoms with Gasteiger partial charge in [0, 0.05) is 19.1 Å². The molecule has 1 aliphatic rings. The molecule has 0 aromatic heterocycles. The van der Waals surface area contributed by atoms with Crippen molar-refractivity contribution < 1.29 is 19.4 Å². The molecule has 0 heterocycles. The minimum Gasteiger partial charge on any atom is -0.480 e. The summed E-state index contributed by atoms with van der Waals surface area (Å²) in [6.45, 7) is 2.52. The zero-order valence-electron chi connectivity index (χ0n) is 11.9. The van der Waals surface area contributed by atoms with E-state index in [2.05, 4.69) is 5.32 Å². The maximum atomic E-state index is 12.3. The fourth-order valence-corrected chi connectivity index (χ4v) is 2.79. The molecule has 1 rings (SSSR count). The number of methoxy groups -OCH3 is 1. The first-order valence-electron chi connectivity index (χ1n) is 7.08. The largest absolute Gasteiger partial charge is 0.480 e. The van der Waals surface area contributed by atoms with Crippen molar-refractivity contribution in [2.24, 2.45) is 5.41 Å². The topological polar surface area (TPSA) is 75.6 Å². The average Bonchev–Trinajstić information content (AvgIpc) is 2.87. The van der Waals surface area contributed by atoms with Crippen molar-refractivity contribution in [2.75, 3.05) is 13.7 Å². The van der Waals surface area contributed by atoms with Gasteiger partial charge in [0.15, 0.2) is 0 Å². The van der Waals surface area contributed by atoms with Crippen LogP contribution < -0.4 is 5.32 Å². The molecule has 1 atom stereocenters. The van der Waals surface area contributed by atoms with E-state index >= 15 is 0 Å². The third-order valence-electron chi connectivity index (χ3n) is 4.16. The lowest BCUT2D eigenvalue weighted by Crippen LogP contribution is -2.47. The van der Waals surface area contributed by atoms with E-state index < -0.39 is 12.0 Å². The maximum Gasteiger partial charge on any atom is 0.326 e. The lowest BCUT2D eigenvalue weighted by atomic mass is 9.82. The summed E-state index contributed by atoms with van der Waals surface area (Å²) >= 11 is 0. The van der Waals surface area contributed by atoms with Gasteiger partial charge in [0.05, 0.1) is 0 Å². The number of aliphatic carboxylic acids is 1. The highest BCUT2D eigenvalue weighted by Gasteiger charge is 2.40. The monoisotopic (exact) mass is 271 g/mol. The summed E-state index contributed by atoms with van der Waals surface area (Å²) in [7, 11) is 1.58. The summed E-state index contributed by atoms with van der Waals surface area (Å²) in [5.41, 5.74) is -0.338. The fourth-order valence-electron chi connectivity index (χ4n) is 2.79. The van der Waals surface area contributed by atoms with Gasteiger partial charge in [-0.3, -0.25) is 4.79 Å². The number of amides is 1. The van der Waals surface area contributed by atoms with Crippen LogP contribution in [-0.4, -0.2) is 36.7 Å². The van der Waals surface area contributed by atoms with Crippen molar-refractivity contribution in [2.45, 2.75) is 57.9 Å². The van der Waals surface area contributed by atoms with Gasteiger partial charge in [-0.1, -0.05) is 19.8 Å². The highest BCUT2D eigenvalue weighted by atomic mass is 16.5. The first-order chi connectivity index (χ1) is 9.05. The van der Waals surface area contributed by atoms with Gasteiger partial charge < -0.3 is 15.2 Å². The van der Waals surface area contributed by atoms with Crippen LogP contribution in [0.1, 0.15) is 51.9 Å². The van der Waals surface area contributed by atoms with E-state index in [4.69, 9.17) is 9.84 Å². The number of nitrogens with one attached hydrogen (secondary N) is 1. The Morgan fingerprint density at radius 3 is 2.47 bits per heavy atom. The first-order valence-corrected chi connectivity index (χ1v) is 7.08. The molecule has 0 saturated heterocycles. The van der Waals surface area contributed by atoms with E-state index in [9.17, 15) is 9.59 Å². The second-order valence-electron chi connectivity index (χ2n) is 5.34. The van der Waals surface area contributed by atoms with Gasteiger partial charge in [0.1, 0.15) is 6.04 Å². The molecule has 0 aliphatic heterocycles. The predicted molar refractivity (Wildman–Crippen MR) is 71.9 cm³/mol. The van der Waals surface area contributed by atoms with E-state index in [0.29, 0.717) is 19.4 Å². The number of carbonyl (C=O) groups is 2. The number of carbonyl (C=O) groups excluding carboxylic acids is 1. The van der Waals surface area contributed by atoms with Crippen LogP contribution in [0.25, 0.3) is 0 Å². The molecule has 1 fully saturated rings. The minimum absolute atomic E-state index is 0.0858. The molecule has 1 unspecified atom stereocenters. The van der Waals surface area contributed by atoms with Crippen molar-refractivity contribution >= 4 is 11.9 Å². The molecule has 0 aromatic rings. The zero-order valence-corrected chi connectivity index (χ0v) is 11.9. The summed E-state index contributed by atoms with van der Waals surface area (Å²) in [4.78, 5) is 23.5. The summed E-state index contributed by atoms with van der Waals surface area (Å²) < 4.78 is 4.91. The van der Waals surface area contributed by atoms with E-state index in [1.807, 2.05) is 6.92 Å². The van der Waals surface area contributed by atoms with Crippen LogP contribution in [0.15, 0.2) is 0 Å². The molecule has 19 heavy (non-hydrogen) atoms. The Balaban J connectivity index is 2.57. The Hall–Kier alpha value is -1.10. The molecular formula is C14H25NO4. The molecule has 5 nitrogen and oxygen atoms in total. The second kappa shape index (κ2) is 7.48. The second-order valence-corrected chi connectivity index (χ2v) is 5.34.